The summed E-state index contributed by atoms with van der Waals surface area (Å²) in [5.74, 6) is -2.26. The molecular formula is C15H20N2O8S. The Labute approximate surface area is 150 Å². The molecule has 0 radical (unpaired) electrons. The lowest BCUT2D eigenvalue weighted by atomic mass is 10.2. The number of sulfonamides is 1. The monoisotopic (exact) mass is 388 g/mol. The molecule has 144 valence electrons. The molecule has 0 bridgehead atoms. The number of rotatable bonds is 6. The zero-order valence-corrected chi connectivity index (χ0v) is 14.7. The van der Waals surface area contributed by atoms with Gasteiger partial charge in [-0.2, -0.15) is 4.31 Å². The maximum Gasteiger partial charge on any atom is 0.371 e. The topological polar surface area (TPSA) is 135 Å². The first kappa shape index (κ1) is 18.8. The van der Waals surface area contributed by atoms with E-state index in [1.807, 2.05) is 0 Å². The van der Waals surface area contributed by atoms with Gasteiger partial charge in [-0.3, -0.25) is 4.79 Å². The Morgan fingerprint density at radius 2 is 2.12 bits per heavy atom. The highest BCUT2D eigenvalue weighted by Crippen LogP contribution is 2.27. The first-order valence-electron chi connectivity index (χ1n) is 8.21. The van der Waals surface area contributed by atoms with E-state index < -0.39 is 38.8 Å². The van der Waals surface area contributed by atoms with Gasteiger partial charge in [0.1, 0.15) is 6.04 Å². The summed E-state index contributed by atoms with van der Waals surface area (Å²) in [6.45, 7) is 1.73. The lowest BCUT2D eigenvalue weighted by molar-refractivity contribution is -0.126. The minimum atomic E-state index is -4.10. The van der Waals surface area contributed by atoms with Gasteiger partial charge in [-0.1, -0.05) is 0 Å². The van der Waals surface area contributed by atoms with Crippen molar-refractivity contribution in [2.24, 2.45) is 0 Å². The number of amides is 1. The summed E-state index contributed by atoms with van der Waals surface area (Å²) in [4.78, 5) is 23.3. The van der Waals surface area contributed by atoms with E-state index in [0.29, 0.717) is 32.7 Å². The van der Waals surface area contributed by atoms with Crippen molar-refractivity contribution in [1.82, 2.24) is 9.62 Å². The molecule has 2 atom stereocenters. The summed E-state index contributed by atoms with van der Waals surface area (Å²) in [6.07, 6.45) is 0.634. The van der Waals surface area contributed by atoms with Crippen molar-refractivity contribution in [3.05, 3.63) is 17.9 Å². The molecule has 2 aliphatic rings. The predicted octanol–water partition coefficient (Wildman–Crippen LogP) is -0.337. The Balaban J connectivity index is 1.67. The van der Waals surface area contributed by atoms with Crippen LogP contribution >= 0.6 is 0 Å². The third-order valence-corrected chi connectivity index (χ3v) is 6.03. The second kappa shape index (κ2) is 7.74. The van der Waals surface area contributed by atoms with Crippen molar-refractivity contribution < 1.29 is 37.0 Å². The van der Waals surface area contributed by atoms with E-state index in [1.54, 1.807) is 0 Å². The molecule has 0 aromatic carbocycles. The number of furan rings is 1. The van der Waals surface area contributed by atoms with Gasteiger partial charge in [0.2, 0.25) is 16.8 Å². The van der Waals surface area contributed by atoms with E-state index in [2.05, 4.69) is 5.32 Å². The molecule has 2 N–H and O–H groups in total. The molecule has 0 aliphatic carbocycles. The van der Waals surface area contributed by atoms with Crippen LogP contribution < -0.4 is 5.32 Å². The number of ether oxygens (including phenoxy) is 2. The van der Waals surface area contributed by atoms with E-state index in [-0.39, 0.29) is 19.2 Å². The van der Waals surface area contributed by atoms with Crippen molar-refractivity contribution in [1.29, 1.82) is 0 Å². The molecule has 2 fully saturated rings. The summed E-state index contributed by atoms with van der Waals surface area (Å²) in [7, 11) is -4.10. The zero-order valence-electron chi connectivity index (χ0n) is 13.9. The maximum absolute atomic E-state index is 12.7. The van der Waals surface area contributed by atoms with Gasteiger partial charge in [0.25, 0.3) is 10.0 Å². The van der Waals surface area contributed by atoms with E-state index >= 15 is 0 Å². The van der Waals surface area contributed by atoms with Crippen LogP contribution in [0.3, 0.4) is 0 Å². The van der Waals surface area contributed by atoms with Gasteiger partial charge in [0, 0.05) is 13.1 Å². The maximum atomic E-state index is 12.7. The molecular weight excluding hydrogens is 368 g/mol. The highest BCUT2D eigenvalue weighted by molar-refractivity contribution is 7.89. The molecule has 3 rings (SSSR count). The van der Waals surface area contributed by atoms with Crippen LogP contribution in [0.4, 0.5) is 0 Å². The average molecular weight is 388 g/mol. The first-order valence-corrected chi connectivity index (χ1v) is 9.65. The molecule has 3 heterocycles. The van der Waals surface area contributed by atoms with Crippen molar-refractivity contribution in [3.8, 4) is 0 Å². The highest BCUT2D eigenvalue weighted by atomic mass is 32.2. The molecule has 26 heavy (non-hydrogen) atoms. The average Bonchev–Trinajstić information content (AvgIpc) is 3.30. The second-order valence-electron chi connectivity index (χ2n) is 6.01. The van der Waals surface area contributed by atoms with Crippen LogP contribution in [0.1, 0.15) is 23.4 Å². The van der Waals surface area contributed by atoms with Gasteiger partial charge in [-0.05, 0) is 25.0 Å². The number of carbonyl (C=O) groups is 2. The van der Waals surface area contributed by atoms with Crippen molar-refractivity contribution in [2.45, 2.75) is 30.1 Å². The van der Waals surface area contributed by atoms with Gasteiger partial charge in [-0.15, -0.1) is 0 Å². The van der Waals surface area contributed by atoms with Crippen molar-refractivity contribution in [3.63, 3.8) is 0 Å². The van der Waals surface area contributed by atoms with Crippen LogP contribution in [0.2, 0.25) is 0 Å². The fourth-order valence-electron chi connectivity index (χ4n) is 2.97. The molecule has 11 heteroatoms. The lowest BCUT2D eigenvalue weighted by Crippen LogP contribution is -2.48. The summed E-state index contributed by atoms with van der Waals surface area (Å²) in [6, 6.07) is 1.28. The standard InChI is InChI=1S/C15H20N2O8S/c18-14(16-8-10-9-23-6-7-24-10)11-2-1-5-17(11)26(21,22)13-4-3-12(25-13)15(19)20/h3-4,10-11H,1-2,5-9H2,(H,16,18)(H,19,20). The third kappa shape index (κ3) is 3.90. The first-order chi connectivity index (χ1) is 12.4. The molecule has 1 aromatic rings. The van der Waals surface area contributed by atoms with Crippen LogP contribution in [0, 0.1) is 0 Å². The van der Waals surface area contributed by atoms with Crippen molar-refractivity contribution >= 4 is 21.9 Å². The predicted molar refractivity (Wildman–Crippen MR) is 86.1 cm³/mol. The number of nitrogens with one attached hydrogen (secondary N) is 1. The van der Waals surface area contributed by atoms with Gasteiger partial charge < -0.3 is 24.3 Å². The molecule has 0 spiro atoms. The molecule has 2 aliphatic heterocycles. The van der Waals surface area contributed by atoms with Crippen LogP contribution in [-0.4, -0.2) is 74.8 Å². The van der Waals surface area contributed by atoms with E-state index in [4.69, 9.17) is 19.0 Å². The molecule has 10 nitrogen and oxygen atoms in total. The number of hydrogen-bond donors (Lipinski definition) is 2. The quantitative estimate of drug-likeness (QED) is 0.676. The van der Waals surface area contributed by atoms with E-state index in [0.717, 1.165) is 16.4 Å². The third-order valence-electron chi connectivity index (χ3n) is 4.25. The zero-order chi connectivity index (χ0) is 18.7. The van der Waals surface area contributed by atoms with Crippen molar-refractivity contribution in [2.75, 3.05) is 32.9 Å². The molecule has 2 saturated heterocycles. The Kier molecular flexibility index (Phi) is 5.61. The summed E-state index contributed by atoms with van der Waals surface area (Å²) >= 11 is 0. The molecule has 2 unspecified atom stereocenters. The van der Waals surface area contributed by atoms with E-state index in [1.165, 1.54) is 0 Å². The SMILES string of the molecule is O=C(O)c1ccc(S(=O)(=O)N2CCCC2C(=O)NCC2COCCO2)o1. The molecule has 1 amide bonds. The van der Waals surface area contributed by atoms with Gasteiger partial charge in [0.05, 0.1) is 25.9 Å². The van der Waals surface area contributed by atoms with Crippen LogP contribution in [-0.2, 0) is 24.3 Å². The van der Waals surface area contributed by atoms with Crippen LogP contribution in [0.25, 0.3) is 0 Å². The highest BCUT2D eigenvalue weighted by Gasteiger charge is 2.41. The van der Waals surface area contributed by atoms with E-state index in [9.17, 15) is 18.0 Å². The number of carboxylic acids is 1. The number of aromatic carboxylic acids is 1. The van der Waals surface area contributed by atoms with Gasteiger partial charge >= 0.3 is 5.97 Å². The normalized spacial score (nSPS) is 24.5. The minimum Gasteiger partial charge on any atom is -0.475 e. The molecule has 1 aromatic heterocycles. The smallest absolute Gasteiger partial charge is 0.371 e. The second-order valence-corrected chi connectivity index (χ2v) is 7.83. The fourth-order valence-corrected chi connectivity index (χ4v) is 4.54. The number of carbonyl (C=O) groups excluding carboxylic acids is 1. The number of carboxylic acid groups (broad SMARTS) is 1. The Morgan fingerprint density at radius 1 is 1.31 bits per heavy atom. The summed E-state index contributed by atoms with van der Waals surface area (Å²) < 4.78 is 42.1. The van der Waals surface area contributed by atoms with Crippen LogP contribution in [0.15, 0.2) is 21.6 Å². The minimum absolute atomic E-state index is 0.159. The Bertz CT molecular complexity index is 768. The number of hydrogen-bond acceptors (Lipinski definition) is 7. The summed E-state index contributed by atoms with van der Waals surface area (Å²) in [5.41, 5.74) is 0. The number of nitrogens with zero attached hydrogens (tertiary/aromatic N) is 1. The van der Waals surface area contributed by atoms with Gasteiger partial charge in [-0.25, -0.2) is 13.2 Å². The summed E-state index contributed by atoms with van der Waals surface area (Å²) in [5, 5.41) is 11.1. The Morgan fingerprint density at radius 3 is 2.77 bits per heavy atom. The lowest BCUT2D eigenvalue weighted by Gasteiger charge is -2.25. The van der Waals surface area contributed by atoms with Crippen LogP contribution in [0.5, 0.6) is 0 Å². The van der Waals surface area contributed by atoms with Gasteiger partial charge in [0.15, 0.2) is 0 Å². The Hall–Kier alpha value is -1.95. The largest absolute Gasteiger partial charge is 0.475 e. The fraction of sp³-hybridized carbons (Fsp3) is 0.600. The molecule has 0 saturated carbocycles.